The zero-order valence-corrected chi connectivity index (χ0v) is 12.8. The van der Waals surface area contributed by atoms with Crippen molar-refractivity contribution in [1.82, 2.24) is 10.2 Å². The summed E-state index contributed by atoms with van der Waals surface area (Å²) < 4.78 is 5.51. The highest BCUT2D eigenvalue weighted by atomic mass is 16.5. The summed E-state index contributed by atoms with van der Waals surface area (Å²) >= 11 is 0. The summed E-state index contributed by atoms with van der Waals surface area (Å²) in [7, 11) is 2.12. The van der Waals surface area contributed by atoms with Crippen LogP contribution in [0.4, 0.5) is 5.69 Å². The standard InChI is InChI=1S/C16H25N3O2/c1-12(19(2)14-6-7-14)11-18-16(20)8-9-21-15-5-3-4-13(17)10-15/h3-5,10,12,14H,6-9,11,17H2,1-2H3,(H,18,20). The number of amides is 1. The molecule has 0 aliphatic heterocycles. The van der Waals surface area contributed by atoms with Crippen LogP contribution in [0.1, 0.15) is 26.2 Å². The third-order valence-electron chi connectivity index (χ3n) is 3.87. The Bertz CT molecular complexity index is 474. The third-order valence-corrected chi connectivity index (χ3v) is 3.87. The largest absolute Gasteiger partial charge is 0.493 e. The number of nitrogens with one attached hydrogen (secondary N) is 1. The van der Waals surface area contributed by atoms with Crippen molar-refractivity contribution in [3.8, 4) is 5.75 Å². The molecule has 21 heavy (non-hydrogen) atoms. The average molecular weight is 291 g/mol. The first kappa shape index (κ1) is 15.6. The number of ether oxygens (including phenoxy) is 1. The molecule has 5 heteroatoms. The molecule has 1 aromatic carbocycles. The van der Waals surface area contributed by atoms with Crippen LogP contribution in [0.25, 0.3) is 0 Å². The molecule has 0 radical (unpaired) electrons. The first-order valence-electron chi connectivity index (χ1n) is 7.53. The molecule has 1 aliphatic rings. The number of anilines is 1. The summed E-state index contributed by atoms with van der Waals surface area (Å²) in [4.78, 5) is 14.1. The van der Waals surface area contributed by atoms with Crippen LogP contribution in [0, 0.1) is 0 Å². The number of benzene rings is 1. The lowest BCUT2D eigenvalue weighted by Crippen LogP contribution is -2.41. The van der Waals surface area contributed by atoms with Gasteiger partial charge in [0, 0.05) is 30.4 Å². The van der Waals surface area contributed by atoms with Crippen LogP contribution in [0.15, 0.2) is 24.3 Å². The SMILES string of the molecule is CC(CNC(=O)CCOc1cccc(N)c1)N(C)C1CC1. The number of nitrogen functional groups attached to an aromatic ring is 1. The fourth-order valence-corrected chi connectivity index (χ4v) is 2.20. The van der Waals surface area contributed by atoms with Gasteiger partial charge in [0.15, 0.2) is 0 Å². The number of likely N-dealkylation sites (N-methyl/N-ethyl adjacent to an activating group) is 1. The number of nitrogens with zero attached hydrogens (tertiary/aromatic N) is 1. The molecule has 0 spiro atoms. The van der Waals surface area contributed by atoms with Crippen molar-refractivity contribution in [3.05, 3.63) is 24.3 Å². The number of rotatable bonds is 8. The number of nitrogens with two attached hydrogens (primary N) is 1. The molecule has 1 fully saturated rings. The molecule has 1 aromatic rings. The average Bonchev–Trinajstić information content (AvgIpc) is 3.28. The minimum absolute atomic E-state index is 0.0231. The molecule has 1 unspecified atom stereocenters. The Morgan fingerprint density at radius 3 is 2.95 bits per heavy atom. The van der Waals surface area contributed by atoms with E-state index in [1.165, 1.54) is 12.8 Å². The van der Waals surface area contributed by atoms with Crippen LogP contribution < -0.4 is 15.8 Å². The smallest absolute Gasteiger partial charge is 0.223 e. The summed E-state index contributed by atoms with van der Waals surface area (Å²) in [5.74, 6) is 0.722. The van der Waals surface area contributed by atoms with E-state index in [0.29, 0.717) is 43.1 Å². The highest BCUT2D eigenvalue weighted by Gasteiger charge is 2.28. The normalized spacial score (nSPS) is 15.8. The van der Waals surface area contributed by atoms with Gasteiger partial charge in [-0.1, -0.05) is 6.07 Å². The lowest BCUT2D eigenvalue weighted by Gasteiger charge is -2.24. The maximum Gasteiger partial charge on any atom is 0.223 e. The molecule has 0 saturated heterocycles. The quantitative estimate of drug-likeness (QED) is 0.715. The lowest BCUT2D eigenvalue weighted by atomic mass is 10.3. The Morgan fingerprint density at radius 2 is 2.29 bits per heavy atom. The van der Waals surface area contributed by atoms with E-state index in [-0.39, 0.29) is 5.91 Å². The molecule has 0 heterocycles. The minimum Gasteiger partial charge on any atom is -0.493 e. The number of hydrogen-bond acceptors (Lipinski definition) is 4. The summed E-state index contributed by atoms with van der Waals surface area (Å²) in [6.07, 6.45) is 2.92. The van der Waals surface area contributed by atoms with Gasteiger partial charge in [-0.3, -0.25) is 9.69 Å². The minimum atomic E-state index is 0.0231. The van der Waals surface area contributed by atoms with Gasteiger partial charge in [-0.05, 0) is 38.9 Å². The van der Waals surface area contributed by atoms with Gasteiger partial charge < -0.3 is 15.8 Å². The van der Waals surface area contributed by atoms with Crippen LogP contribution in [0.3, 0.4) is 0 Å². The Morgan fingerprint density at radius 1 is 1.52 bits per heavy atom. The van der Waals surface area contributed by atoms with Crippen molar-refractivity contribution in [3.63, 3.8) is 0 Å². The van der Waals surface area contributed by atoms with Crippen LogP contribution >= 0.6 is 0 Å². The van der Waals surface area contributed by atoms with Gasteiger partial charge >= 0.3 is 0 Å². The van der Waals surface area contributed by atoms with Gasteiger partial charge in [0.25, 0.3) is 0 Å². The molecule has 1 saturated carbocycles. The number of hydrogen-bond donors (Lipinski definition) is 2. The van der Waals surface area contributed by atoms with Gasteiger partial charge in [0.05, 0.1) is 13.0 Å². The van der Waals surface area contributed by atoms with Crippen molar-refractivity contribution in [2.24, 2.45) is 0 Å². The van der Waals surface area contributed by atoms with Crippen LogP contribution in [0.2, 0.25) is 0 Å². The summed E-state index contributed by atoms with van der Waals surface area (Å²) in [5.41, 5.74) is 6.33. The molecule has 1 atom stereocenters. The summed E-state index contributed by atoms with van der Waals surface area (Å²) in [6, 6.07) is 8.31. The monoisotopic (exact) mass is 291 g/mol. The zero-order chi connectivity index (χ0) is 15.2. The second-order valence-corrected chi connectivity index (χ2v) is 5.72. The fourth-order valence-electron chi connectivity index (χ4n) is 2.20. The van der Waals surface area contributed by atoms with E-state index in [1.54, 1.807) is 12.1 Å². The predicted octanol–water partition coefficient (Wildman–Crippen LogP) is 1.64. The van der Waals surface area contributed by atoms with E-state index in [2.05, 4.69) is 24.2 Å². The first-order valence-corrected chi connectivity index (χ1v) is 7.53. The second kappa shape index (κ2) is 7.31. The van der Waals surface area contributed by atoms with E-state index < -0.39 is 0 Å². The van der Waals surface area contributed by atoms with E-state index in [1.807, 2.05) is 12.1 Å². The Balaban J connectivity index is 1.61. The molecule has 5 nitrogen and oxygen atoms in total. The molecule has 1 amide bonds. The van der Waals surface area contributed by atoms with Gasteiger partial charge in [0.2, 0.25) is 5.91 Å². The predicted molar refractivity (Wildman–Crippen MR) is 84.2 cm³/mol. The Hall–Kier alpha value is -1.75. The molecular formula is C16H25N3O2. The second-order valence-electron chi connectivity index (χ2n) is 5.72. The van der Waals surface area contributed by atoms with Crippen LogP contribution in [-0.4, -0.2) is 43.1 Å². The topological polar surface area (TPSA) is 67.6 Å². The Labute approximate surface area is 126 Å². The van der Waals surface area contributed by atoms with Crippen molar-refractivity contribution in [2.75, 3.05) is 25.9 Å². The maximum atomic E-state index is 11.8. The molecule has 3 N–H and O–H groups in total. The van der Waals surface area contributed by atoms with Crippen LogP contribution in [0.5, 0.6) is 5.75 Å². The molecule has 0 aromatic heterocycles. The van der Waals surface area contributed by atoms with Gasteiger partial charge in [-0.15, -0.1) is 0 Å². The highest BCUT2D eigenvalue weighted by molar-refractivity contribution is 5.76. The van der Waals surface area contributed by atoms with Crippen molar-refractivity contribution >= 4 is 11.6 Å². The molecule has 0 bridgehead atoms. The van der Waals surface area contributed by atoms with Crippen LogP contribution in [-0.2, 0) is 4.79 Å². The molecular weight excluding hydrogens is 266 g/mol. The molecule has 2 rings (SSSR count). The zero-order valence-electron chi connectivity index (χ0n) is 12.8. The highest BCUT2D eigenvalue weighted by Crippen LogP contribution is 2.26. The first-order chi connectivity index (χ1) is 10.1. The summed E-state index contributed by atoms with van der Waals surface area (Å²) in [5, 5.41) is 2.96. The Kier molecular flexibility index (Phi) is 5.44. The van der Waals surface area contributed by atoms with Crippen molar-refractivity contribution in [1.29, 1.82) is 0 Å². The third kappa shape index (κ3) is 5.27. The van der Waals surface area contributed by atoms with E-state index >= 15 is 0 Å². The lowest BCUT2D eigenvalue weighted by molar-refractivity contribution is -0.121. The van der Waals surface area contributed by atoms with E-state index in [0.717, 1.165) is 0 Å². The molecule has 116 valence electrons. The van der Waals surface area contributed by atoms with Gasteiger partial charge in [0.1, 0.15) is 5.75 Å². The van der Waals surface area contributed by atoms with Crippen molar-refractivity contribution in [2.45, 2.75) is 38.3 Å². The fraction of sp³-hybridized carbons (Fsp3) is 0.562. The number of carbonyl (C=O) groups is 1. The van der Waals surface area contributed by atoms with Crippen molar-refractivity contribution < 1.29 is 9.53 Å². The maximum absolute atomic E-state index is 11.8. The van der Waals surface area contributed by atoms with E-state index in [4.69, 9.17) is 10.5 Å². The van der Waals surface area contributed by atoms with Gasteiger partial charge in [-0.25, -0.2) is 0 Å². The molecule has 1 aliphatic carbocycles. The van der Waals surface area contributed by atoms with E-state index in [9.17, 15) is 4.79 Å². The summed E-state index contributed by atoms with van der Waals surface area (Å²) in [6.45, 7) is 3.19. The number of carbonyl (C=O) groups excluding carboxylic acids is 1. The van der Waals surface area contributed by atoms with Gasteiger partial charge in [-0.2, -0.15) is 0 Å².